The van der Waals surface area contributed by atoms with Crippen LogP contribution in [0.2, 0.25) is 0 Å². The maximum Gasteiger partial charge on any atom is 0.356 e. The minimum absolute atomic E-state index is 0. The number of halogens is 2. The number of hydrogen-bond donors (Lipinski definition) is 2. The van der Waals surface area contributed by atoms with Crippen molar-refractivity contribution in [1.82, 2.24) is 9.13 Å². The predicted molar refractivity (Wildman–Crippen MR) is 172 cm³/mol. The van der Waals surface area contributed by atoms with Crippen molar-refractivity contribution in [2.24, 2.45) is 0 Å². The van der Waals surface area contributed by atoms with Gasteiger partial charge in [-0.05, 0) is 48.2 Å². The summed E-state index contributed by atoms with van der Waals surface area (Å²) in [4.78, 5) is 0. The molecule has 0 spiro atoms. The lowest BCUT2D eigenvalue weighted by Crippen LogP contribution is -3.00. The highest BCUT2D eigenvalue weighted by molar-refractivity contribution is 5.74. The van der Waals surface area contributed by atoms with Crippen molar-refractivity contribution in [2.45, 2.75) is 64.7 Å². The third-order valence-electron chi connectivity index (χ3n) is 8.41. The molecule has 0 saturated heterocycles. The summed E-state index contributed by atoms with van der Waals surface area (Å²) in [5.74, 6) is 1.67. The number of para-hydroxylation sites is 4. The Hall–Kier alpha value is -3.62. The summed E-state index contributed by atoms with van der Waals surface area (Å²) in [5.41, 5.74) is 20.8. The maximum atomic E-state index is 6.71. The minimum Gasteiger partial charge on any atom is -1.00 e. The fourth-order valence-corrected chi connectivity index (χ4v) is 6.21. The smallest absolute Gasteiger partial charge is 0.356 e. The maximum absolute atomic E-state index is 6.71. The zero-order valence-corrected chi connectivity index (χ0v) is 28.3. The molecule has 0 amide bonds. The van der Waals surface area contributed by atoms with Crippen LogP contribution in [0.4, 0.5) is 11.9 Å². The van der Waals surface area contributed by atoms with Crippen LogP contribution in [0.25, 0.3) is 22.1 Å². The molecule has 0 fully saturated rings. The van der Waals surface area contributed by atoms with E-state index in [0.29, 0.717) is 0 Å². The molecule has 0 aliphatic carbocycles. The summed E-state index contributed by atoms with van der Waals surface area (Å²) in [7, 11) is 0. The van der Waals surface area contributed by atoms with Crippen LogP contribution < -0.4 is 54.6 Å². The van der Waals surface area contributed by atoms with Crippen LogP contribution in [-0.4, -0.2) is 9.13 Å². The topological polar surface area (TPSA) is 69.7 Å². The highest BCUT2D eigenvalue weighted by atomic mass is 79.9. The molecular weight excluding hydrogens is 676 g/mol. The van der Waals surface area contributed by atoms with Crippen LogP contribution in [0.3, 0.4) is 0 Å². The average Bonchev–Trinajstić information content (AvgIpc) is 3.45. The van der Waals surface area contributed by atoms with Crippen molar-refractivity contribution in [3.63, 3.8) is 0 Å². The molecule has 4 N–H and O–H groups in total. The number of nitrogens with zero attached hydrogens (tertiary/aromatic N) is 4. The van der Waals surface area contributed by atoms with E-state index in [-0.39, 0.29) is 34.0 Å². The second-order valence-corrected chi connectivity index (χ2v) is 11.3. The minimum atomic E-state index is 0. The Balaban J connectivity index is 0.00000221. The molecule has 6 rings (SSSR count). The summed E-state index contributed by atoms with van der Waals surface area (Å²) >= 11 is 0. The molecule has 6 aromatic rings. The monoisotopic (exact) mass is 716 g/mol. The first-order valence-electron chi connectivity index (χ1n) is 15.3. The number of fused-ring (bicyclic) bond motifs is 2. The molecule has 8 heteroatoms. The third kappa shape index (κ3) is 7.36. The van der Waals surface area contributed by atoms with Gasteiger partial charge in [0.05, 0.1) is 26.2 Å². The molecule has 230 valence electrons. The first-order valence-corrected chi connectivity index (χ1v) is 15.3. The standard InChI is InChI=1S/C36H40N6.2BrH/c37-35-39(31-21-11-13-23-33(31)41(35)27-29-17-7-5-8-18-29)25-15-3-1-2-4-16-26-40-32-22-12-14-24-34(32)42(36(40)38)28-30-19-9-6-10-20-30;;/h5-14,17-24,37-38H,1-4,15-16,25-28H2;2*1H. The van der Waals surface area contributed by atoms with Crippen molar-refractivity contribution in [3.05, 3.63) is 120 Å². The molecule has 0 aliphatic rings. The number of benzene rings is 4. The number of nitrogen functional groups attached to an aromatic ring is 2. The van der Waals surface area contributed by atoms with E-state index in [0.717, 1.165) is 50.9 Å². The van der Waals surface area contributed by atoms with Gasteiger partial charge < -0.3 is 34.0 Å². The quantitative estimate of drug-likeness (QED) is 0.135. The zero-order chi connectivity index (χ0) is 28.7. The van der Waals surface area contributed by atoms with Gasteiger partial charge in [0.25, 0.3) is 0 Å². The molecule has 6 nitrogen and oxygen atoms in total. The fraction of sp³-hybridized carbons (Fsp3) is 0.278. The molecule has 4 aromatic carbocycles. The molecule has 0 unspecified atom stereocenters. The zero-order valence-electron chi connectivity index (χ0n) is 25.2. The largest absolute Gasteiger partial charge is 1.00 e. The molecule has 0 radical (unpaired) electrons. The van der Waals surface area contributed by atoms with Crippen molar-refractivity contribution in [1.29, 1.82) is 0 Å². The Morgan fingerprint density at radius 1 is 0.432 bits per heavy atom. The van der Waals surface area contributed by atoms with Crippen LogP contribution in [0, 0.1) is 0 Å². The van der Waals surface area contributed by atoms with Crippen LogP contribution in [0.5, 0.6) is 0 Å². The predicted octanol–water partition coefficient (Wildman–Crippen LogP) is 0.481. The van der Waals surface area contributed by atoms with E-state index in [2.05, 4.69) is 127 Å². The van der Waals surface area contributed by atoms with E-state index in [9.17, 15) is 0 Å². The van der Waals surface area contributed by atoms with Gasteiger partial charge >= 0.3 is 11.9 Å². The SMILES string of the molecule is Nc1n(CCCCCCCCn2c(N)[n+](Cc3ccccc3)c3ccccc32)c2ccccc2[n+]1Cc1ccccc1.[Br-].[Br-]. The van der Waals surface area contributed by atoms with Crippen LogP contribution in [-0.2, 0) is 26.2 Å². The number of imidazole rings is 2. The first kappa shape index (κ1) is 33.3. The summed E-state index contributed by atoms with van der Waals surface area (Å²) in [5, 5.41) is 0. The molecular formula is C36H42Br2N6. The number of aryl methyl sites for hydroxylation is 2. The van der Waals surface area contributed by atoms with E-state index in [1.54, 1.807) is 0 Å². The Morgan fingerprint density at radius 2 is 0.773 bits per heavy atom. The van der Waals surface area contributed by atoms with Crippen molar-refractivity contribution in [3.8, 4) is 0 Å². The lowest BCUT2D eigenvalue weighted by Gasteiger charge is -2.05. The Kier molecular flexibility index (Phi) is 12.0. The first-order chi connectivity index (χ1) is 20.7. The Labute approximate surface area is 281 Å². The number of nitrogens with two attached hydrogens (primary N) is 2. The molecule has 0 saturated carbocycles. The highest BCUT2D eigenvalue weighted by Crippen LogP contribution is 2.20. The van der Waals surface area contributed by atoms with Crippen LogP contribution in [0.1, 0.15) is 49.7 Å². The number of aromatic nitrogens is 4. The number of hydrogen-bond acceptors (Lipinski definition) is 2. The lowest BCUT2D eigenvalue weighted by molar-refractivity contribution is -0.648. The molecule has 0 aliphatic heterocycles. The number of anilines is 2. The summed E-state index contributed by atoms with van der Waals surface area (Å²) in [6, 6.07) is 38.2. The molecule has 44 heavy (non-hydrogen) atoms. The van der Waals surface area contributed by atoms with Gasteiger partial charge in [0.2, 0.25) is 0 Å². The normalized spacial score (nSPS) is 11.0. The third-order valence-corrected chi connectivity index (χ3v) is 8.41. The Morgan fingerprint density at radius 3 is 1.18 bits per heavy atom. The van der Waals surface area contributed by atoms with Crippen molar-refractivity contribution >= 4 is 34.0 Å². The molecule has 0 atom stereocenters. The van der Waals surface area contributed by atoms with Crippen molar-refractivity contribution < 1.29 is 43.1 Å². The van der Waals surface area contributed by atoms with Crippen LogP contribution in [0.15, 0.2) is 109 Å². The van der Waals surface area contributed by atoms with Gasteiger partial charge in [0.15, 0.2) is 0 Å². The second-order valence-electron chi connectivity index (χ2n) is 11.3. The van der Waals surface area contributed by atoms with E-state index in [4.69, 9.17) is 11.5 Å². The van der Waals surface area contributed by atoms with Crippen LogP contribution >= 0.6 is 0 Å². The second kappa shape index (κ2) is 15.9. The van der Waals surface area contributed by atoms with Gasteiger partial charge in [-0.1, -0.05) is 111 Å². The van der Waals surface area contributed by atoms with E-state index >= 15 is 0 Å². The van der Waals surface area contributed by atoms with Gasteiger partial charge in [0, 0.05) is 0 Å². The Bertz CT molecular complexity index is 1630. The summed E-state index contributed by atoms with van der Waals surface area (Å²) in [6.07, 6.45) is 7.14. The molecule has 2 heterocycles. The van der Waals surface area contributed by atoms with Gasteiger partial charge in [-0.25, -0.2) is 18.3 Å². The van der Waals surface area contributed by atoms with Gasteiger partial charge in [-0.3, -0.25) is 11.5 Å². The van der Waals surface area contributed by atoms with Gasteiger partial charge in [-0.15, -0.1) is 0 Å². The van der Waals surface area contributed by atoms with E-state index in [1.165, 1.54) is 58.9 Å². The molecule has 2 aromatic heterocycles. The summed E-state index contributed by atoms with van der Waals surface area (Å²) in [6.45, 7) is 3.46. The average molecular weight is 719 g/mol. The lowest BCUT2D eigenvalue weighted by atomic mass is 10.1. The van der Waals surface area contributed by atoms with E-state index < -0.39 is 0 Å². The molecule has 0 bridgehead atoms. The van der Waals surface area contributed by atoms with E-state index in [1.807, 2.05) is 0 Å². The number of unbranched alkanes of at least 4 members (excludes halogenated alkanes) is 5. The van der Waals surface area contributed by atoms with Gasteiger partial charge in [-0.2, -0.15) is 0 Å². The summed E-state index contributed by atoms with van der Waals surface area (Å²) < 4.78 is 9.07. The number of rotatable bonds is 13. The van der Waals surface area contributed by atoms with Crippen molar-refractivity contribution in [2.75, 3.05) is 11.5 Å². The van der Waals surface area contributed by atoms with Gasteiger partial charge in [0.1, 0.15) is 22.1 Å². The highest BCUT2D eigenvalue weighted by Gasteiger charge is 2.22. The fourth-order valence-electron chi connectivity index (χ4n) is 6.21.